The standard InChI is InChI=1S/C14H24O4/c1-3-5-6-10(4-2)14(15)18-12-9-17-11-7-8-16-13(11)12/h10-13H,3-9H2,1-2H3/t10-,11?,12-,13+/m1/s1. The molecule has 2 aliphatic rings. The van der Waals surface area contributed by atoms with Gasteiger partial charge in [-0.25, -0.2) is 0 Å². The Hall–Kier alpha value is -0.610. The number of carbonyl (C=O) groups excluding carboxylic acids is 1. The highest BCUT2D eigenvalue weighted by Crippen LogP contribution is 2.29. The lowest BCUT2D eigenvalue weighted by Crippen LogP contribution is -2.34. The van der Waals surface area contributed by atoms with Crippen LogP contribution in [-0.2, 0) is 19.0 Å². The number of rotatable bonds is 6. The fourth-order valence-electron chi connectivity index (χ4n) is 2.72. The van der Waals surface area contributed by atoms with Gasteiger partial charge in [0.25, 0.3) is 0 Å². The SMILES string of the molecule is CCCC[C@@H](CC)C(=O)O[C@@H]1COC2CCO[C@@H]21. The maximum Gasteiger partial charge on any atom is 0.309 e. The predicted molar refractivity (Wildman–Crippen MR) is 67.3 cm³/mol. The Kier molecular flexibility index (Phi) is 5.01. The first-order valence-electron chi connectivity index (χ1n) is 7.20. The highest BCUT2D eigenvalue weighted by molar-refractivity contribution is 5.72. The molecule has 2 heterocycles. The third kappa shape index (κ3) is 3.04. The zero-order valence-corrected chi connectivity index (χ0v) is 11.4. The number of esters is 1. The maximum atomic E-state index is 12.1. The van der Waals surface area contributed by atoms with Crippen LogP contribution < -0.4 is 0 Å². The van der Waals surface area contributed by atoms with E-state index in [1.54, 1.807) is 0 Å². The van der Waals surface area contributed by atoms with E-state index in [4.69, 9.17) is 14.2 Å². The highest BCUT2D eigenvalue weighted by Gasteiger charge is 2.44. The van der Waals surface area contributed by atoms with Crippen molar-refractivity contribution in [1.82, 2.24) is 0 Å². The van der Waals surface area contributed by atoms with Crippen LogP contribution in [0, 0.1) is 5.92 Å². The molecule has 18 heavy (non-hydrogen) atoms. The summed E-state index contributed by atoms with van der Waals surface area (Å²) in [7, 11) is 0. The van der Waals surface area contributed by atoms with Crippen LogP contribution in [-0.4, -0.2) is 37.5 Å². The Morgan fingerprint density at radius 2 is 2.22 bits per heavy atom. The molecule has 2 saturated heterocycles. The van der Waals surface area contributed by atoms with Gasteiger partial charge in [-0.1, -0.05) is 26.7 Å². The zero-order valence-electron chi connectivity index (χ0n) is 11.4. The number of hydrogen-bond acceptors (Lipinski definition) is 4. The first kappa shape index (κ1) is 13.8. The van der Waals surface area contributed by atoms with E-state index in [9.17, 15) is 4.79 Å². The average molecular weight is 256 g/mol. The minimum Gasteiger partial charge on any atom is -0.457 e. The number of fused-ring (bicyclic) bond motifs is 1. The van der Waals surface area contributed by atoms with Gasteiger partial charge in [0, 0.05) is 6.61 Å². The van der Waals surface area contributed by atoms with Crippen LogP contribution in [0.1, 0.15) is 46.0 Å². The summed E-state index contributed by atoms with van der Waals surface area (Å²) >= 11 is 0. The summed E-state index contributed by atoms with van der Waals surface area (Å²) in [5, 5.41) is 0. The van der Waals surface area contributed by atoms with E-state index in [0.717, 1.165) is 38.7 Å². The Morgan fingerprint density at radius 1 is 1.39 bits per heavy atom. The minimum atomic E-state index is -0.194. The monoisotopic (exact) mass is 256 g/mol. The van der Waals surface area contributed by atoms with Crippen LogP contribution in [0.5, 0.6) is 0 Å². The van der Waals surface area contributed by atoms with Crippen molar-refractivity contribution in [2.75, 3.05) is 13.2 Å². The van der Waals surface area contributed by atoms with Crippen LogP contribution >= 0.6 is 0 Å². The molecule has 4 atom stereocenters. The summed E-state index contributed by atoms with van der Waals surface area (Å²) in [6.45, 7) is 5.39. The first-order chi connectivity index (χ1) is 8.76. The van der Waals surface area contributed by atoms with Crippen molar-refractivity contribution in [2.45, 2.75) is 64.3 Å². The molecule has 4 heteroatoms. The summed E-state index contributed by atoms with van der Waals surface area (Å²) in [5.41, 5.74) is 0. The van der Waals surface area contributed by atoms with Crippen molar-refractivity contribution in [2.24, 2.45) is 5.92 Å². The molecule has 104 valence electrons. The summed E-state index contributed by atoms with van der Waals surface area (Å²) in [4.78, 5) is 12.1. The molecule has 0 aromatic rings. The topological polar surface area (TPSA) is 44.8 Å². The summed E-state index contributed by atoms with van der Waals surface area (Å²) in [6.07, 6.45) is 4.81. The molecule has 1 unspecified atom stereocenters. The molecular weight excluding hydrogens is 232 g/mol. The quantitative estimate of drug-likeness (QED) is 0.684. The summed E-state index contributed by atoms with van der Waals surface area (Å²) in [5.74, 6) is -0.0406. The lowest BCUT2D eigenvalue weighted by atomic mass is 9.99. The second-order valence-electron chi connectivity index (χ2n) is 5.22. The fraction of sp³-hybridized carbons (Fsp3) is 0.929. The van der Waals surface area contributed by atoms with Gasteiger partial charge in [0.05, 0.1) is 18.6 Å². The van der Waals surface area contributed by atoms with Gasteiger partial charge in [-0.3, -0.25) is 4.79 Å². The maximum absolute atomic E-state index is 12.1. The fourth-order valence-corrected chi connectivity index (χ4v) is 2.72. The number of hydrogen-bond donors (Lipinski definition) is 0. The van der Waals surface area contributed by atoms with Crippen LogP contribution in [0.4, 0.5) is 0 Å². The van der Waals surface area contributed by atoms with Gasteiger partial charge in [-0.05, 0) is 19.3 Å². The van der Waals surface area contributed by atoms with Crippen LogP contribution in [0.2, 0.25) is 0 Å². The summed E-state index contributed by atoms with van der Waals surface area (Å²) in [6, 6.07) is 0. The van der Waals surface area contributed by atoms with Crippen molar-refractivity contribution in [3.63, 3.8) is 0 Å². The Bertz CT molecular complexity index is 279. The van der Waals surface area contributed by atoms with E-state index in [0.29, 0.717) is 6.61 Å². The van der Waals surface area contributed by atoms with Crippen LogP contribution in [0.25, 0.3) is 0 Å². The van der Waals surface area contributed by atoms with Gasteiger partial charge >= 0.3 is 5.97 Å². The molecule has 2 rings (SSSR count). The van der Waals surface area contributed by atoms with Gasteiger partial charge < -0.3 is 14.2 Å². The van der Waals surface area contributed by atoms with E-state index in [1.165, 1.54) is 0 Å². The van der Waals surface area contributed by atoms with Gasteiger partial charge in [-0.2, -0.15) is 0 Å². The molecule has 4 nitrogen and oxygen atoms in total. The molecule has 0 aromatic carbocycles. The zero-order chi connectivity index (χ0) is 13.0. The van der Waals surface area contributed by atoms with E-state index in [1.807, 2.05) is 6.92 Å². The van der Waals surface area contributed by atoms with Crippen LogP contribution in [0.3, 0.4) is 0 Å². The first-order valence-corrected chi connectivity index (χ1v) is 7.20. The molecule has 0 amide bonds. The third-order valence-electron chi connectivity index (χ3n) is 3.92. The van der Waals surface area contributed by atoms with Gasteiger partial charge in [0.15, 0.2) is 6.10 Å². The van der Waals surface area contributed by atoms with Gasteiger partial charge in [-0.15, -0.1) is 0 Å². The number of ether oxygens (including phenoxy) is 3. The van der Waals surface area contributed by atoms with E-state index in [-0.39, 0.29) is 30.2 Å². The molecule has 0 bridgehead atoms. The van der Waals surface area contributed by atoms with Crippen molar-refractivity contribution < 1.29 is 19.0 Å². The molecule has 0 radical (unpaired) electrons. The van der Waals surface area contributed by atoms with E-state index in [2.05, 4.69) is 6.92 Å². The Morgan fingerprint density at radius 3 is 2.94 bits per heavy atom. The van der Waals surface area contributed by atoms with Crippen molar-refractivity contribution >= 4 is 5.97 Å². The number of unbranched alkanes of at least 4 members (excludes halogenated alkanes) is 1. The lowest BCUT2D eigenvalue weighted by Gasteiger charge is -2.20. The molecule has 0 aliphatic carbocycles. The molecule has 2 aliphatic heterocycles. The normalized spacial score (nSPS) is 32.2. The Balaban J connectivity index is 1.82. The van der Waals surface area contributed by atoms with Crippen LogP contribution in [0.15, 0.2) is 0 Å². The van der Waals surface area contributed by atoms with Crippen molar-refractivity contribution in [3.8, 4) is 0 Å². The molecule has 0 aromatic heterocycles. The number of carbonyl (C=O) groups is 1. The molecule has 0 N–H and O–H groups in total. The van der Waals surface area contributed by atoms with Gasteiger partial charge in [0.2, 0.25) is 0 Å². The van der Waals surface area contributed by atoms with Crippen molar-refractivity contribution in [1.29, 1.82) is 0 Å². The van der Waals surface area contributed by atoms with Gasteiger partial charge in [0.1, 0.15) is 6.10 Å². The Labute approximate surface area is 109 Å². The highest BCUT2D eigenvalue weighted by atomic mass is 16.6. The lowest BCUT2D eigenvalue weighted by molar-refractivity contribution is -0.159. The average Bonchev–Trinajstić information content (AvgIpc) is 2.95. The predicted octanol–water partition coefficient (Wildman–Crippen LogP) is 2.30. The van der Waals surface area contributed by atoms with E-state index >= 15 is 0 Å². The second-order valence-corrected chi connectivity index (χ2v) is 5.22. The smallest absolute Gasteiger partial charge is 0.309 e. The molecular formula is C14H24O4. The van der Waals surface area contributed by atoms with Crippen molar-refractivity contribution in [3.05, 3.63) is 0 Å². The second kappa shape index (κ2) is 6.53. The third-order valence-corrected chi connectivity index (χ3v) is 3.92. The summed E-state index contributed by atoms with van der Waals surface area (Å²) < 4.78 is 16.8. The molecule has 2 fully saturated rings. The largest absolute Gasteiger partial charge is 0.457 e. The molecule has 0 saturated carbocycles. The van der Waals surface area contributed by atoms with E-state index < -0.39 is 0 Å². The molecule has 0 spiro atoms. The minimum absolute atomic E-state index is 0.0300.